The Labute approximate surface area is 51.2 Å². The van der Waals surface area contributed by atoms with E-state index in [1.165, 1.54) is 0 Å². The molecule has 0 spiro atoms. The molecule has 0 aliphatic rings. The van der Waals surface area contributed by atoms with Gasteiger partial charge in [0, 0.05) is 0 Å². The minimum atomic E-state index is 0. The van der Waals surface area contributed by atoms with E-state index in [1.807, 2.05) is 0 Å². The van der Waals surface area contributed by atoms with Crippen LogP contribution in [0.25, 0.3) is 0 Å². The fourth-order valence-corrected chi connectivity index (χ4v) is 0. The van der Waals surface area contributed by atoms with Crippen molar-refractivity contribution in [2.75, 3.05) is 0 Å². The van der Waals surface area contributed by atoms with Gasteiger partial charge in [-0.3, -0.25) is 0 Å². The molecule has 1 heteroatoms. The maximum Gasteiger partial charge on any atom is 4.00 e. The van der Waals surface area contributed by atoms with Crippen molar-refractivity contribution in [1.29, 1.82) is 0 Å². The number of hydrogen-bond acceptors (Lipinski definition) is 0. The van der Waals surface area contributed by atoms with Crippen molar-refractivity contribution in [3.8, 4) is 0 Å². The van der Waals surface area contributed by atoms with Crippen LogP contribution in [0, 0.1) is 29.7 Å². The third kappa shape index (κ3) is 71.5. The normalized spacial score (nSPS) is 0. The van der Waals surface area contributed by atoms with Crippen LogP contribution >= 0.6 is 0 Å². The van der Waals surface area contributed by atoms with Crippen LogP contribution < -0.4 is 0 Å². The van der Waals surface area contributed by atoms with Crippen molar-refractivity contribution < 1.29 is 21.1 Å². The number of hydrogen-bond donors (Lipinski definition) is 0. The molecular formula is C4H12Pt. The largest absolute Gasteiger partial charge is 4.00 e. The average Bonchev–Trinajstić information content (AvgIpc) is 0. The van der Waals surface area contributed by atoms with E-state index in [0.717, 1.165) is 0 Å². The zero-order valence-electron chi connectivity index (χ0n) is 4.32. The second kappa shape index (κ2) is 135. The van der Waals surface area contributed by atoms with Crippen LogP contribution in [0.15, 0.2) is 0 Å². The van der Waals surface area contributed by atoms with E-state index >= 15 is 0 Å². The Morgan fingerprint density at radius 1 is 0.400 bits per heavy atom. The smallest absolute Gasteiger partial charge is 0.358 e. The molecule has 0 saturated carbocycles. The van der Waals surface area contributed by atoms with E-state index in [4.69, 9.17) is 0 Å². The molecule has 0 nitrogen and oxygen atoms in total. The fourth-order valence-electron chi connectivity index (χ4n) is 0. The minimum Gasteiger partial charge on any atom is -0.358 e. The first-order valence-corrected chi connectivity index (χ1v) is 0. The van der Waals surface area contributed by atoms with E-state index < -0.39 is 0 Å². The summed E-state index contributed by atoms with van der Waals surface area (Å²) in [5, 5.41) is 0. The average molecular weight is 255 g/mol. The van der Waals surface area contributed by atoms with Crippen molar-refractivity contribution in [3.63, 3.8) is 0 Å². The SMILES string of the molecule is [CH3-].[CH3-].[CH3-].[CH3-].[Pt+4]. The predicted molar refractivity (Wildman–Crippen MR) is 25.7 cm³/mol. The van der Waals surface area contributed by atoms with Crippen LogP contribution in [-0.2, 0) is 21.1 Å². The van der Waals surface area contributed by atoms with Crippen molar-refractivity contribution in [3.05, 3.63) is 29.7 Å². The third-order valence-corrected chi connectivity index (χ3v) is 0. The van der Waals surface area contributed by atoms with Gasteiger partial charge in [-0.25, -0.2) is 0 Å². The van der Waals surface area contributed by atoms with Crippen molar-refractivity contribution >= 4 is 0 Å². The Balaban J connectivity index is 0. The second-order valence-electron chi connectivity index (χ2n) is 0. The maximum absolute atomic E-state index is 0. The van der Waals surface area contributed by atoms with Crippen LogP contribution in [-0.4, -0.2) is 0 Å². The molecule has 0 fully saturated rings. The summed E-state index contributed by atoms with van der Waals surface area (Å²) in [7, 11) is 0. The van der Waals surface area contributed by atoms with Crippen molar-refractivity contribution in [1.82, 2.24) is 0 Å². The first kappa shape index (κ1) is 264. The predicted octanol–water partition coefficient (Wildman–Crippen LogP) is 1.80. The summed E-state index contributed by atoms with van der Waals surface area (Å²) in [5.41, 5.74) is 0. The van der Waals surface area contributed by atoms with E-state index in [2.05, 4.69) is 0 Å². The monoisotopic (exact) mass is 255 g/mol. The summed E-state index contributed by atoms with van der Waals surface area (Å²) in [6.45, 7) is 0. The molecule has 38 valence electrons. The second-order valence-corrected chi connectivity index (χ2v) is 0. The van der Waals surface area contributed by atoms with Gasteiger partial charge in [0.2, 0.25) is 0 Å². The van der Waals surface area contributed by atoms with E-state index in [-0.39, 0.29) is 50.8 Å². The van der Waals surface area contributed by atoms with Gasteiger partial charge in [0.1, 0.15) is 0 Å². The summed E-state index contributed by atoms with van der Waals surface area (Å²) in [6.07, 6.45) is 0. The molecule has 0 aromatic heterocycles. The Kier molecular flexibility index (Phi) is 7110. The van der Waals surface area contributed by atoms with Crippen molar-refractivity contribution in [2.24, 2.45) is 0 Å². The summed E-state index contributed by atoms with van der Waals surface area (Å²) >= 11 is 0. The summed E-state index contributed by atoms with van der Waals surface area (Å²) in [6, 6.07) is 0. The Hall–Kier alpha value is 0.688. The van der Waals surface area contributed by atoms with Gasteiger partial charge in [-0.05, 0) is 0 Å². The summed E-state index contributed by atoms with van der Waals surface area (Å²) in [4.78, 5) is 0. The Morgan fingerprint density at radius 3 is 0.400 bits per heavy atom. The Bertz CT molecular complexity index is 3.61. The third-order valence-electron chi connectivity index (χ3n) is 0. The quantitative estimate of drug-likeness (QED) is 0.579. The van der Waals surface area contributed by atoms with Gasteiger partial charge in [-0.2, -0.15) is 0 Å². The van der Waals surface area contributed by atoms with Gasteiger partial charge < -0.3 is 29.7 Å². The van der Waals surface area contributed by atoms with Crippen LogP contribution in [0.4, 0.5) is 0 Å². The van der Waals surface area contributed by atoms with Crippen LogP contribution in [0.1, 0.15) is 0 Å². The van der Waals surface area contributed by atoms with Crippen LogP contribution in [0.2, 0.25) is 0 Å². The minimum absolute atomic E-state index is 0. The van der Waals surface area contributed by atoms with Gasteiger partial charge in [0.05, 0.1) is 0 Å². The fraction of sp³-hybridized carbons (Fsp3) is 0. The molecule has 0 aromatic carbocycles. The molecule has 0 atom stereocenters. The zero-order valence-corrected chi connectivity index (χ0v) is 6.59. The molecule has 0 heterocycles. The van der Waals surface area contributed by atoms with E-state index in [1.54, 1.807) is 0 Å². The molecule has 0 amide bonds. The molecule has 0 rings (SSSR count). The standard InChI is InChI=1S/4CH3.Pt/h4*1H3;/q4*-1;+4. The summed E-state index contributed by atoms with van der Waals surface area (Å²) < 4.78 is 0. The van der Waals surface area contributed by atoms with Gasteiger partial charge in [-0.15, -0.1) is 0 Å². The van der Waals surface area contributed by atoms with E-state index in [0.29, 0.717) is 0 Å². The topological polar surface area (TPSA) is 0 Å². The molecule has 0 saturated heterocycles. The number of rotatable bonds is 0. The maximum atomic E-state index is 0. The molecule has 0 bridgehead atoms. The van der Waals surface area contributed by atoms with Gasteiger partial charge in [-0.1, -0.05) is 0 Å². The molecule has 0 aromatic rings. The molecular weight excluding hydrogens is 243 g/mol. The molecule has 0 unspecified atom stereocenters. The molecule has 0 N–H and O–H groups in total. The first-order chi connectivity index (χ1) is 0. The molecule has 0 radical (unpaired) electrons. The zero-order chi connectivity index (χ0) is 0. The van der Waals surface area contributed by atoms with Gasteiger partial charge in [0.25, 0.3) is 0 Å². The van der Waals surface area contributed by atoms with E-state index in [9.17, 15) is 0 Å². The Morgan fingerprint density at radius 2 is 0.400 bits per heavy atom. The molecule has 5 heavy (non-hydrogen) atoms. The van der Waals surface area contributed by atoms with Crippen molar-refractivity contribution in [2.45, 2.75) is 0 Å². The van der Waals surface area contributed by atoms with Gasteiger partial charge in [0.15, 0.2) is 0 Å². The van der Waals surface area contributed by atoms with Gasteiger partial charge >= 0.3 is 21.1 Å². The molecule has 0 aliphatic carbocycles. The first-order valence-electron chi connectivity index (χ1n) is 0. The molecule has 0 aliphatic heterocycles. The summed E-state index contributed by atoms with van der Waals surface area (Å²) in [5.74, 6) is 0. The van der Waals surface area contributed by atoms with Crippen LogP contribution in [0.3, 0.4) is 0 Å². The van der Waals surface area contributed by atoms with Crippen LogP contribution in [0.5, 0.6) is 0 Å².